The molecule has 2 N–H and O–H groups in total. The molecular weight excluding hydrogens is 456 g/mol. The number of ketones is 1. The Morgan fingerprint density at radius 1 is 1.10 bits per heavy atom. The minimum Gasteiger partial charge on any atom is -0.394 e. The molecule has 1 atom stereocenters. The number of nitrogens with zero attached hydrogens (tertiary/aromatic N) is 3. The van der Waals surface area contributed by atoms with Gasteiger partial charge in [-0.2, -0.15) is 0 Å². The zero-order valence-electron chi connectivity index (χ0n) is 15.6. The zero-order valence-corrected chi connectivity index (χ0v) is 18.0. The van der Waals surface area contributed by atoms with Crippen molar-refractivity contribution in [1.82, 2.24) is 20.1 Å². The number of thioether (sulfide) groups is 1. The maximum Gasteiger partial charge on any atom is 0.251 e. The topological polar surface area (TPSA) is 97.1 Å². The lowest BCUT2D eigenvalue weighted by Crippen LogP contribution is -2.32. The molecule has 0 fully saturated rings. The lowest BCUT2D eigenvalue weighted by Gasteiger charge is -2.15. The Bertz CT molecular complexity index is 993. The second-order valence-electron chi connectivity index (χ2n) is 6.19. The van der Waals surface area contributed by atoms with E-state index in [0.717, 1.165) is 4.47 Å². The third-order valence-electron chi connectivity index (χ3n) is 4.20. The van der Waals surface area contributed by atoms with E-state index in [1.165, 1.54) is 11.8 Å². The lowest BCUT2D eigenvalue weighted by atomic mass is 10.2. The van der Waals surface area contributed by atoms with E-state index in [0.29, 0.717) is 22.1 Å². The van der Waals surface area contributed by atoms with Gasteiger partial charge in [-0.05, 0) is 24.3 Å². The maximum atomic E-state index is 12.4. The molecule has 150 valence electrons. The van der Waals surface area contributed by atoms with Gasteiger partial charge in [-0.1, -0.05) is 58.0 Å². The van der Waals surface area contributed by atoms with Crippen LogP contribution in [0.1, 0.15) is 32.6 Å². The first-order valence-corrected chi connectivity index (χ1v) is 10.5. The summed E-state index contributed by atoms with van der Waals surface area (Å²) in [6, 6.07) is 15.2. The molecule has 1 heterocycles. The van der Waals surface area contributed by atoms with E-state index in [1.54, 1.807) is 48.0 Å². The summed E-state index contributed by atoms with van der Waals surface area (Å²) < 4.78 is 2.58. The summed E-state index contributed by atoms with van der Waals surface area (Å²) in [5.41, 5.74) is 1.11. The van der Waals surface area contributed by atoms with Gasteiger partial charge in [-0.3, -0.25) is 9.59 Å². The predicted octanol–water partition coefficient (Wildman–Crippen LogP) is 3.02. The third kappa shape index (κ3) is 5.31. The van der Waals surface area contributed by atoms with Crippen molar-refractivity contribution in [1.29, 1.82) is 0 Å². The number of nitrogens with one attached hydrogen (secondary N) is 1. The predicted molar refractivity (Wildman–Crippen MR) is 114 cm³/mol. The molecule has 3 aromatic rings. The summed E-state index contributed by atoms with van der Waals surface area (Å²) >= 11 is 4.60. The molecule has 29 heavy (non-hydrogen) atoms. The molecule has 0 spiro atoms. The highest BCUT2D eigenvalue weighted by atomic mass is 79.9. The van der Waals surface area contributed by atoms with Gasteiger partial charge in [0, 0.05) is 22.6 Å². The Hall–Kier alpha value is -2.49. The van der Waals surface area contributed by atoms with Crippen LogP contribution >= 0.6 is 27.7 Å². The summed E-state index contributed by atoms with van der Waals surface area (Å²) in [5.74, 6) is 0.277. The van der Waals surface area contributed by atoms with Crippen LogP contribution < -0.4 is 5.32 Å². The van der Waals surface area contributed by atoms with Crippen LogP contribution in [0.4, 0.5) is 0 Å². The molecule has 3 rings (SSSR count). The fraction of sp³-hybridized carbons (Fsp3) is 0.200. The summed E-state index contributed by atoms with van der Waals surface area (Å²) in [6.07, 6.45) is 0. The average Bonchev–Trinajstić information content (AvgIpc) is 3.11. The van der Waals surface area contributed by atoms with Gasteiger partial charge < -0.3 is 15.0 Å². The first-order chi connectivity index (χ1) is 14.0. The van der Waals surface area contributed by atoms with Crippen LogP contribution in [0.15, 0.2) is 64.2 Å². The number of Topliss-reactive ketones (excluding diaryl/α,β-unsaturated/α-hetero) is 1. The zero-order chi connectivity index (χ0) is 20.8. The van der Waals surface area contributed by atoms with Crippen molar-refractivity contribution < 1.29 is 14.7 Å². The van der Waals surface area contributed by atoms with Gasteiger partial charge >= 0.3 is 0 Å². The van der Waals surface area contributed by atoms with Gasteiger partial charge in [0.25, 0.3) is 5.91 Å². The van der Waals surface area contributed by atoms with Crippen LogP contribution in [-0.4, -0.2) is 43.9 Å². The Morgan fingerprint density at radius 3 is 2.45 bits per heavy atom. The highest BCUT2D eigenvalue weighted by Crippen LogP contribution is 2.21. The van der Waals surface area contributed by atoms with Gasteiger partial charge in [0.1, 0.15) is 6.04 Å². The standard InChI is InChI=1S/C20H19BrN4O3S/c1-25-18(16(11-26)22-19(28)14-5-3-2-4-6-14)23-24-20(25)29-12-17(27)13-7-9-15(21)10-8-13/h2-10,16,26H,11-12H2,1H3,(H,22,28)/t16-/m0/s1. The number of carbonyl (C=O) groups excluding carboxylic acids is 2. The highest BCUT2D eigenvalue weighted by molar-refractivity contribution is 9.10. The molecule has 2 aromatic carbocycles. The van der Waals surface area contributed by atoms with E-state index in [1.807, 2.05) is 18.2 Å². The van der Waals surface area contributed by atoms with Gasteiger partial charge in [0.05, 0.1) is 12.4 Å². The van der Waals surface area contributed by atoms with Gasteiger partial charge in [-0.15, -0.1) is 10.2 Å². The summed E-state index contributed by atoms with van der Waals surface area (Å²) in [4.78, 5) is 24.7. The monoisotopic (exact) mass is 474 g/mol. The van der Waals surface area contributed by atoms with Crippen molar-refractivity contribution in [3.05, 3.63) is 76.0 Å². The van der Waals surface area contributed by atoms with Gasteiger partial charge in [0.15, 0.2) is 16.8 Å². The molecule has 1 aromatic heterocycles. The molecule has 0 bridgehead atoms. The Morgan fingerprint density at radius 2 is 1.79 bits per heavy atom. The van der Waals surface area contributed by atoms with Crippen molar-refractivity contribution in [3.63, 3.8) is 0 Å². The van der Waals surface area contributed by atoms with Crippen molar-refractivity contribution >= 4 is 39.4 Å². The van der Waals surface area contributed by atoms with E-state index in [2.05, 4.69) is 31.4 Å². The number of carbonyl (C=O) groups is 2. The number of aliphatic hydroxyl groups excluding tert-OH is 1. The number of halogens is 1. The van der Waals surface area contributed by atoms with Crippen LogP contribution in [-0.2, 0) is 7.05 Å². The van der Waals surface area contributed by atoms with Crippen molar-refractivity contribution in [2.24, 2.45) is 7.05 Å². The number of benzene rings is 2. The highest BCUT2D eigenvalue weighted by Gasteiger charge is 2.22. The summed E-state index contributed by atoms with van der Waals surface area (Å²) in [6.45, 7) is -0.326. The maximum absolute atomic E-state index is 12.4. The number of amides is 1. The molecule has 7 nitrogen and oxygen atoms in total. The van der Waals surface area contributed by atoms with E-state index in [-0.39, 0.29) is 24.1 Å². The van der Waals surface area contributed by atoms with Gasteiger partial charge in [0.2, 0.25) is 0 Å². The average molecular weight is 475 g/mol. The fourth-order valence-electron chi connectivity index (χ4n) is 2.63. The second kappa shape index (κ2) is 9.82. The largest absolute Gasteiger partial charge is 0.394 e. The molecule has 0 radical (unpaired) electrons. The van der Waals surface area contributed by atoms with E-state index >= 15 is 0 Å². The number of aromatic nitrogens is 3. The molecule has 0 aliphatic heterocycles. The normalized spacial score (nSPS) is 11.8. The van der Waals surface area contributed by atoms with Gasteiger partial charge in [-0.25, -0.2) is 0 Å². The Kier molecular flexibility index (Phi) is 7.18. The molecule has 0 aliphatic carbocycles. The first kappa shape index (κ1) is 21.2. The number of rotatable bonds is 8. The smallest absolute Gasteiger partial charge is 0.251 e. The molecule has 0 saturated heterocycles. The minimum absolute atomic E-state index is 0.0249. The van der Waals surface area contributed by atoms with Crippen molar-refractivity contribution in [2.75, 3.05) is 12.4 Å². The van der Waals surface area contributed by atoms with Crippen LogP contribution in [0.25, 0.3) is 0 Å². The lowest BCUT2D eigenvalue weighted by molar-refractivity contribution is 0.0911. The molecule has 0 aliphatic rings. The Labute approximate surface area is 180 Å². The van der Waals surface area contributed by atoms with Crippen LogP contribution in [0.2, 0.25) is 0 Å². The SMILES string of the molecule is Cn1c(SCC(=O)c2ccc(Br)cc2)nnc1[C@H](CO)NC(=O)c1ccccc1. The molecule has 0 saturated carbocycles. The Balaban J connectivity index is 1.66. The molecular formula is C20H19BrN4O3S. The molecule has 1 amide bonds. The minimum atomic E-state index is -0.711. The van der Waals surface area contributed by atoms with E-state index in [9.17, 15) is 14.7 Å². The molecule has 0 unspecified atom stereocenters. The van der Waals surface area contributed by atoms with Crippen LogP contribution in [0.3, 0.4) is 0 Å². The van der Waals surface area contributed by atoms with Crippen LogP contribution in [0, 0.1) is 0 Å². The summed E-state index contributed by atoms with van der Waals surface area (Å²) in [7, 11) is 1.74. The second-order valence-corrected chi connectivity index (χ2v) is 8.05. The third-order valence-corrected chi connectivity index (χ3v) is 5.75. The van der Waals surface area contributed by atoms with Crippen molar-refractivity contribution in [2.45, 2.75) is 11.2 Å². The number of hydrogen-bond donors (Lipinski definition) is 2. The van der Waals surface area contributed by atoms with E-state index < -0.39 is 6.04 Å². The fourth-order valence-corrected chi connectivity index (χ4v) is 3.70. The van der Waals surface area contributed by atoms with Crippen LogP contribution in [0.5, 0.6) is 0 Å². The quantitative estimate of drug-likeness (QED) is 0.384. The summed E-state index contributed by atoms with van der Waals surface area (Å²) in [5, 5.41) is 21.2. The number of hydrogen-bond acceptors (Lipinski definition) is 6. The molecule has 9 heteroatoms. The number of aliphatic hydroxyl groups is 1. The first-order valence-electron chi connectivity index (χ1n) is 8.77. The van der Waals surface area contributed by atoms with E-state index in [4.69, 9.17) is 0 Å². The van der Waals surface area contributed by atoms with Crippen molar-refractivity contribution in [3.8, 4) is 0 Å².